The van der Waals surface area contributed by atoms with Gasteiger partial charge in [0.25, 0.3) is 0 Å². The lowest BCUT2D eigenvalue weighted by molar-refractivity contribution is 0.194. The van der Waals surface area contributed by atoms with Crippen molar-refractivity contribution in [2.45, 2.75) is 13.5 Å². The van der Waals surface area contributed by atoms with Crippen LogP contribution in [0.5, 0.6) is 5.75 Å². The summed E-state index contributed by atoms with van der Waals surface area (Å²) in [5, 5.41) is 7.98. The van der Waals surface area contributed by atoms with E-state index < -0.39 is 0 Å². The Bertz CT molecular complexity index is 1060. The molecule has 8 nitrogen and oxygen atoms in total. The van der Waals surface area contributed by atoms with Gasteiger partial charge in [-0.15, -0.1) is 0 Å². The zero-order valence-corrected chi connectivity index (χ0v) is 18.3. The van der Waals surface area contributed by atoms with E-state index in [0.29, 0.717) is 30.5 Å². The number of nitrogens with zero attached hydrogens (tertiary/aromatic N) is 5. The lowest BCUT2D eigenvalue weighted by atomic mass is 10.2. The molecular formula is C22H25ClN6O2. The van der Waals surface area contributed by atoms with Gasteiger partial charge in [0.15, 0.2) is 0 Å². The Kier molecular flexibility index (Phi) is 6.27. The number of amides is 2. The number of carbonyl (C=O) groups excluding carboxylic acids is 1. The monoisotopic (exact) mass is 440 g/mol. The molecule has 1 N–H and O–H groups in total. The van der Waals surface area contributed by atoms with Crippen LogP contribution in [-0.4, -0.2) is 59.0 Å². The van der Waals surface area contributed by atoms with Gasteiger partial charge in [0.2, 0.25) is 0 Å². The Labute approximate surface area is 186 Å². The molecule has 2 amide bonds. The van der Waals surface area contributed by atoms with Crippen molar-refractivity contribution in [3.63, 3.8) is 0 Å². The number of urea groups is 1. The Balaban J connectivity index is 1.36. The molecule has 0 unspecified atom stereocenters. The molecule has 0 bridgehead atoms. The number of hydrogen-bond acceptors (Lipinski definition) is 5. The predicted octanol–water partition coefficient (Wildman–Crippen LogP) is 3.27. The van der Waals surface area contributed by atoms with Gasteiger partial charge < -0.3 is 19.9 Å². The summed E-state index contributed by atoms with van der Waals surface area (Å²) in [4.78, 5) is 20.8. The maximum absolute atomic E-state index is 12.5. The minimum Gasteiger partial charge on any atom is -0.494 e. The highest BCUT2D eigenvalue weighted by Gasteiger charge is 2.22. The van der Waals surface area contributed by atoms with Crippen molar-refractivity contribution in [2.75, 3.05) is 38.2 Å². The number of anilines is 1. The average molecular weight is 441 g/mol. The first-order valence-corrected chi connectivity index (χ1v) is 10.5. The summed E-state index contributed by atoms with van der Waals surface area (Å²) in [7, 11) is 1.65. The van der Waals surface area contributed by atoms with E-state index in [1.165, 1.54) is 0 Å². The molecule has 1 aromatic heterocycles. The maximum Gasteiger partial charge on any atom is 0.317 e. The summed E-state index contributed by atoms with van der Waals surface area (Å²) in [6.07, 6.45) is 1.67. The third kappa shape index (κ3) is 4.74. The van der Waals surface area contributed by atoms with Gasteiger partial charge in [-0.2, -0.15) is 5.10 Å². The van der Waals surface area contributed by atoms with Crippen molar-refractivity contribution < 1.29 is 9.53 Å². The molecule has 0 saturated carbocycles. The van der Waals surface area contributed by atoms with Crippen LogP contribution in [0.25, 0.3) is 5.69 Å². The van der Waals surface area contributed by atoms with Crippen LogP contribution in [0, 0.1) is 6.92 Å². The summed E-state index contributed by atoms with van der Waals surface area (Å²) in [5.74, 6) is 1.43. The van der Waals surface area contributed by atoms with Crippen molar-refractivity contribution in [3.05, 3.63) is 65.2 Å². The van der Waals surface area contributed by atoms with Crippen molar-refractivity contribution >= 4 is 23.3 Å². The number of aryl methyl sites for hydroxylation is 1. The molecule has 162 valence electrons. The van der Waals surface area contributed by atoms with Gasteiger partial charge in [-0.05, 0) is 30.7 Å². The Morgan fingerprint density at radius 3 is 2.61 bits per heavy atom. The first kappa shape index (κ1) is 21.0. The molecule has 3 aromatic rings. The smallest absolute Gasteiger partial charge is 0.317 e. The molecule has 2 aromatic carbocycles. The molecule has 4 rings (SSSR count). The number of methoxy groups -OCH3 is 1. The summed E-state index contributed by atoms with van der Waals surface area (Å²) >= 11 is 6.17. The van der Waals surface area contributed by atoms with Crippen LogP contribution in [0.2, 0.25) is 5.02 Å². The van der Waals surface area contributed by atoms with Crippen LogP contribution in [0.3, 0.4) is 0 Å². The fourth-order valence-corrected chi connectivity index (χ4v) is 3.81. The van der Waals surface area contributed by atoms with Gasteiger partial charge in [0.1, 0.15) is 23.6 Å². The van der Waals surface area contributed by atoms with Gasteiger partial charge in [0.05, 0.1) is 7.11 Å². The number of halogens is 1. The molecule has 1 aliphatic heterocycles. The minimum atomic E-state index is -0.0750. The summed E-state index contributed by atoms with van der Waals surface area (Å²) in [5.41, 5.74) is 2.80. The minimum absolute atomic E-state index is 0.0750. The van der Waals surface area contributed by atoms with Gasteiger partial charge in [-0.3, -0.25) is 0 Å². The number of piperazine rings is 1. The molecule has 31 heavy (non-hydrogen) atoms. The summed E-state index contributed by atoms with van der Waals surface area (Å²) in [6.45, 7) is 5.02. The molecule has 0 radical (unpaired) electrons. The molecular weight excluding hydrogens is 416 g/mol. The van der Waals surface area contributed by atoms with E-state index in [2.05, 4.69) is 20.3 Å². The molecule has 1 aliphatic rings. The fraction of sp³-hybridized carbons (Fsp3) is 0.318. The van der Waals surface area contributed by atoms with Crippen LogP contribution < -0.4 is 15.0 Å². The standard InChI is InChI=1S/C22H25ClN6O2/c1-16-25-15-29(26-16)20-8-7-18(13-21(20)31-2)27-9-11-28(12-10-27)22(30)24-14-17-5-3-4-6-19(17)23/h3-8,13,15H,9-12,14H2,1-2H3,(H,24,30). The van der Waals surface area contributed by atoms with Crippen molar-refractivity contribution in [3.8, 4) is 11.4 Å². The molecule has 0 aliphatic carbocycles. The largest absolute Gasteiger partial charge is 0.494 e. The number of ether oxygens (including phenoxy) is 1. The van der Waals surface area contributed by atoms with Crippen LogP contribution in [0.15, 0.2) is 48.8 Å². The second kappa shape index (κ2) is 9.26. The van der Waals surface area contributed by atoms with Gasteiger partial charge in [0, 0.05) is 49.5 Å². The third-order valence-corrected chi connectivity index (χ3v) is 5.71. The second-order valence-electron chi connectivity index (χ2n) is 7.32. The molecule has 2 heterocycles. The second-order valence-corrected chi connectivity index (χ2v) is 7.72. The Morgan fingerprint density at radius 1 is 1.16 bits per heavy atom. The predicted molar refractivity (Wildman–Crippen MR) is 120 cm³/mol. The van der Waals surface area contributed by atoms with Crippen LogP contribution in [0.1, 0.15) is 11.4 Å². The molecule has 0 atom stereocenters. The first-order valence-electron chi connectivity index (χ1n) is 10.1. The maximum atomic E-state index is 12.5. The van der Waals surface area contributed by atoms with Crippen LogP contribution in [-0.2, 0) is 6.54 Å². The number of nitrogens with one attached hydrogen (secondary N) is 1. The van der Waals surface area contributed by atoms with E-state index >= 15 is 0 Å². The first-order chi connectivity index (χ1) is 15.0. The van der Waals surface area contributed by atoms with Gasteiger partial charge in [-0.25, -0.2) is 14.5 Å². The summed E-state index contributed by atoms with van der Waals surface area (Å²) in [6, 6.07) is 13.5. The number of aromatic nitrogens is 3. The SMILES string of the molecule is COc1cc(N2CCN(C(=O)NCc3ccccc3Cl)CC2)ccc1-n1cnc(C)n1. The zero-order chi connectivity index (χ0) is 21.8. The molecule has 1 fully saturated rings. The fourth-order valence-electron chi connectivity index (χ4n) is 3.61. The lowest BCUT2D eigenvalue weighted by Crippen LogP contribution is -2.51. The topological polar surface area (TPSA) is 75.5 Å². The summed E-state index contributed by atoms with van der Waals surface area (Å²) < 4.78 is 7.29. The van der Waals surface area contributed by atoms with E-state index in [1.54, 1.807) is 18.1 Å². The molecule has 0 spiro atoms. The zero-order valence-electron chi connectivity index (χ0n) is 17.6. The van der Waals surface area contributed by atoms with Crippen LogP contribution >= 0.6 is 11.6 Å². The van der Waals surface area contributed by atoms with E-state index in [1.807, 2.05) is 54.3 Å². The highest BCUT2D eigenvalue weighted by Crippen LogP contribution is 2.29. The van der Waals surface area contributed by atoms with Crippen LogP contribution in [0.4, 0.5) is 10.5 Å². The van der Waals surface area contributed by atoms with E-state index in [9.17, 15) is 4.79 Å². The highest BCUT2D eigenvalue weighted by atomic mass is 35.5. The van der Waals surface area contributed by atoms with Crippen molar-refractivity contribution in [1.82, 2.24) is 25.0 Å². The van der Waals surface area contributed by atoms with E-state index in [-0.39, 0.29) is 6.03 Å². The molecule has 1 saturated heterocycles. The van der Waals surface area contributed by atoms with Crippen molar-refractivity contribution in [2.24, 2.45) is 0 Å². The third-order valence-electron chi connectivity index (χ3n) is 5.34. The quantitative estimate of drug-likeness (QED) is 0.659. The van der Waals surface area contributed by atoms with E-state index in [0.717, 1.165) is 35.8 Å². The van der Waals surface area contributed by atoms with E-state index in [4.69, 9.17) is 16.3 Å². The Hall–Kier alpha value is -3.26. The number of rotatable bonds is 5. The number of benzene rings is 2. The Morgan fingerprint density at radius 2 is 1.94 bits per heavy atom. The average Bonchev–Trinajstić information content (AvgIpc) is 3.24. The van der Waals surface area contributed by atoms with Gasteiger partial charge in [-0.1, -0.05) is 29.8 Å². The van der Waals surface area contributed by atoms with Crippen molar-refractivity contribution in [1.29, 1.82) is 0 Å². The normalized spacial score (nSPS) is 13.9. The molecule has 9 heteroatoms. The highest BCUT2D eigenvalue weighted by molar-refractivity contribution is 6.31. The van der Waals surface area contributed by atoms with Gasteiger partial charge >= 0.3 is 6.03 Å². The number of hydrogen-bond donors (Lipinski definition) is 1. The lowest BCUT2D eigenvalue weighted by Gasteiger charge is -2.36. The number of carbonyl (C=O) groups is 1.